The molecule has 0 amide bonds. The quantitative estimate of drug-likeness (QED) is 0.922. The highest BCUT2D eigenvalue weighted by molar-refractivity contribution is 5.20. The molecule has 1 aromatic carbocycles. The second-order valence-corrected chi connectivity index (χ2v) is 6.68. The Morgan fingerprint density at radius 2 is 1.90 bits per heavy atom. The molecule has 0 saturated carbocycles. The Hall–Kier alpha value is -0.900. The number of benzene rings is 1. The highest BCUT2D eigenvalue weighted by Gasteiger charge is 2.33. The van der Waals surface area contributed by atoms with Crippen molar-refractivity contribution in [2.75, 3.05) is 32.7 Å². The number of nitrogens with zero attached hydrogens (tertiary/aromatic N) is 2. The van der Waals surface area contributed by atoms with E-state index in [1.54, 1.807) is 0 Å². The van der Waals surface area contributed by atoms with Crippen LogP contribution in [-0.2, 0) is 0 Å². The summed E-state index contributed by atoms with van der Waals surface area (Å²) in [5.74, 6) is 0.504. The van der Waals surface area contributed by atoms with Crippen molar-refractivity contribution in [1.29, 1.82) is 0 Å². The number of hydrogen-bond donors (Lipinski definition) is 1. The minimum atomic E-state index is 0.466. The van der Waals surface area contributed by atoms with Crippen molar-refractivity contribution in [2.45, 2.75) is 44.2 Å². The third-order valence-electron chi connectivity index (χ3n) is 5.45. The molecular weight excluding hydrogens is 258 g/mol. The molecule has 2 N–H and O–H groups in total. The molecule has 2 aliphatic heterocycles. The first kappa shape index (κ1) is 15.0. The summed E-state index contributed by atoms with van der Waals surface area (Å²) in [7, 11) is 0. The maximum atomic E-state index is 6.17. The summed E-state index contributed by atoms with van der Waals surface area (Å²) in [6.45, 7) is 8.08. The predicted molar refractivity (Wildman–Crippen MR) is 88.5 cm³/mol. The van der Waals surface area contributed by atoms with Crippen LogP contribution in [0.1, 0.15) is 37.7 Å². The van der Waals surface area contributed by atoms with Crippen molar-refractivity contribution in [2.24, 2.45) is 5.73 Å². The Morgan fingerprint density at radius 3 is 2.67 bits per heavy atom. The van der Waals surface area contributed by atoms with E-state index in [4.69, 9.17) is 5.73 Å². The second kappa shape index (κ2) is 6.91. The van der Waals surface area contributed by atoms with Gasteiger partial charge in [-0.3, -0.25) is 9.80 Å². The molecule has 2 aliphatic rings. The minimum Gasteiger partial charge on any atom is -0.329 e. The van der Waals surface area contributed by atoms with Gasteiger partial charge < -0.3 is 5.73 Å². The molecule has 3 nitrogen and oxygen atoms in total. The summed E-state index contributed by atoms with van der Waals surface area (Å²) in [6, 6.07) is 12.1. The fourth-order valence-corrected chi connectivity index (χ4v) is 4.18. The minimum absolute atomic E-state index is 0.466. The molecule has 2 heterocycles. The lowest BCUT2D eigenvalue weighted by atomic mass is 9.91. The smallest absolute Gasteiger partial charge is 0.0285 e. The number of hydrogen-bond acceptors (Lipinski definition) is 3. The average molecular weight is 287 g/mol. The van der Waals surface area contributed by atoms with E-state index in [2.05, 4.69) is 47.1 Å². The summed E-state index contributed by atoms with van der Waals surface area (Å²) in [4.78, 5) is 5.37. The first-order valence-electron chi connectivity index (χ1n) is 8.52. The fourth-order valence-electron chi connectivity index (χ4n) is 4.18. The van der Waals surface area contributed by atoms with Crippen molar-refractivity contribution < 1.29 is 0 Å². The molecule has 3 unspecified atom stereocenters. The van der Waals surface area contributed by atoms with Gasteiger partial charge in [-0.25, -0.2) is 0 Å². The van der Waals surface area contributed by atoms with Crippen LogP contribution in [0.25, 0.3) is 0 Å². The molecule has 0 radical (unpaired) electrons. The van der Waals surface area contributed by atoms with E-state index in [-0.39, 0.29) is 0 Å². The van der Waals surface area contributed by atoms with Crippen molar-refractivity contribution in [3.8, 4) is 0 Å². The van der Waals surface area contributed by atoms with Crippen LogP contribution >= 0.6 is 0 Å². The van der Waals surface area contributed by atoms with Gasteiger partial charge in [-0.05, 0) is 50.4 Å². The van der Waals surface area contributed by atoms with E-state index < -0.39 is 0 Å². The van der Waals surface area contributed by atoms with Gasteiger partial charge in [0.2, 0.25) is 0 Å². The van der Waals surface area contributed by atoms with Gasteiger partial charge in [0.25, 0.3) is 0 Å². The summed E-state index contributed by atoms with van der Waals surface area (Å²) in [5.41, 5.74) is 7.59. The van der Waals surface area contributed by atoms with Crippen LogP contribution in [0.3, 0.4) is 0 Å². The van der Waals surface area contributed by atoms with Gasteiger partial charge >= 0.3 is 0 Å². The molecular formula is C18H29N3. The van der Waals surface area contributed by atoms with E-state index in [1.807, 2.05) is 0 Å². The molecule has 3 rings (SSSR count). The third kappa shape index (κ3) is 3.31. The molecule has 2 saturated heterocycles. The van der Waals surface area contributed by atoms with Crippen molar-refractivity contribution in [3.63, 3.8) is 0 Å². The van der Waals surface area contributed by atoms with E-state index in [0.717, 1.165) is 12.6 Å². The first-order chi connectivity index (χ1) is 10.3. The van der Waals surface area contributed by atoms with Gasteiger partial charge in [0.15, 0.2) is 0 Å². The Morgan fingerprint density at radius 1 is 1.14 bits per heavy atom. The lowest BCUT2D eigenvalue weighted by molar-refractivity contribution is 0.159. The second-order valence-electron chi connectivity index (χ2n) is 6.68. The van der Waals surface area contributed by atoms with E-state index in [1.165, 1.54) is 51.0 Å². The lowest BCUT2D eigenvalue weighted by Gasteiger charge is -2.36. The molecule has 1 aromatic rings. The highest BCUT2D eigenvalue weighted by atomic mass is 15.3. The molecule has 116 valence electrons. The van der Waals surface area contributed by atoms with Crippen LogP contribution in [0.15, 0.2) is 30.3 Å². The molecule has 0 aromatic heterocycles. The maximum Gasteiger partial charge on any atom is 0.0285 e. The normalized spacial score (nSPS) is 27.0. The molecule has 0 bridgehead atoms. The third-order valence-corrected chi connectivity index (χ3v) is 5.45. The largest absolute Gasteiger partial charge is 0.329 e. The van der Waals surface area contributed by atoms with Gasteiger partial charge in [0.05, 0.1) is 0 Å². The van der Waals surface area contributed by atoms with Gasteiger partial charge in [-0.2, -0.15) is 0 Å². The van der Waals surface area contributed by atoms with Crippen LogP contribution in [0, 0.1) is 0 Å². The molecule has 3 heteroatoms. The van der Waals surface area contributed by atoms with Crippen LogP contribution < -0.4 is 5.73 Å². The van der Waals surface area contributed by atoms with E-state index in [9.17, 15) is 0 Å². The van der Waals surface area contributed by atoms with Crippen molar-refractivity contribution in [3.05, 3.63) is 35.9 Å². The van der Waals surface area contributed by atoms with Crippen LogP contribution in [0.4, 0.5) is 0 Å². The van der Waals surface area contributed by atoms with E-state index in [0.29, 0.717) is 12.0 Å². The summed E-state index contributed by atoms with van der Waals surface area (Å²) in [5, 5.41) is 0. The van der Waals surface area contributed by atoms with Crippen molar-refractivity contribution in [1.82, 2.24) is 9.80 Å². The Bertz CT molecular complexity index is 433. The predicted octanol–water partition coefficient (Wildman–Crippen LogP) is 2.29. The topological polar surface area (TPSA) is 32.5 Å². The average Bonchev–Trinajstić information content (AvgIpc) is 2.87. The van der Waals surface area contributed by atoms with Crippen LogP contribution in [-0.4, -0.2) is 54.6 Å². The fraction of sp³-hybridized carbons (Fsp3) is 0.667. The SMILES string of the molecule is CC(c1ccccc1)C(CN)N1CCCN2CCCC2C1. The Kier molecular flexibility index (Phi) is 4.94. The summed E-state index contributed by atoms with van der Waals surface area (Å²) < 4.78 is 0. The monoisotopic (exact) mass is 287 g/mol. The molecule has 2 fully saturated rings. The number of fused-ring (bicyclic) bond motifs is 1. The van der Waals surface area contributed by atoms with Gasteiger partial charge in [0, 0.05) is 25.2 Å². The van der Waals surface area contributed by atoms with Crippen LogP contribution in [0.2, 0.25) is 0 Å². The number of nitrogens with two attached hydrogens (primary N) is 1. The molecule has 21 heavy (non-hydrogen) atoms. The number of rotatable bonds is 4. The summed E-state index contributed by atoms with van der Waals surface area (Å²) in [6.07, 6.45) is 4.03. The zero-order valence-corrected chi connectivity index (χ0v) is 13.2. The van der Waals surface area contributed by atoms with Gasteiger partial charge in [0.1, 0.15) is 0 Å². The lowest BCUT2D eigenvalue weighted by Crippen LogP contribution is -2.47. The zero-order valence-electron chi connectivity index (χ0n) is 13.2. The van der Waals surface area contributed by atoms with E-state index >= 15 is 0 Å². The standard InChI is InChI=1S/C18H29N3/c1-15(16-7-3-2-4-8-16)18(13-19)21-12-6-11-20-10-5-9-17(20)14-21/h2-4,7-8,15,17-18H,5-6,9-14,19H2,1H3. The molecule has 3 atom stereocenters. The maximum absolute atomic E-state index is 6.17. The van der Waals surface area contributed by atoms with Crippen LogP contribution in [0.5, 0.6) is 0 Å². The van der Waals surface area contributed by atoms with Crippen molar-refractivity contribution >= 4 is 0 Å². The Labute approximate surface area is 129 Å². The highest BCUT2D eigenvalue weighted by Crippen LogP contribution is 2.27. The van der Waals surface area contributed by atoms with Gasteiger partial charge in [-0.1, -0.05) is 37.3 Å². The molecule has 0 spiro atoms. The summed E-state index contributed by atoms with van der Waals surface area (Å²) >= 11 is 0. The van der Waals surface area contributed by atoms with Gasteiger partial charge in [-0.15, -0.1) is 0 Å². The molecule has 0 aliphatic carbocycles. The Balaban J connectivity index is 1.72. The first-order valence-corrected chi connectivity index (χ1v) is 8.52. The zero-order chi connectivity index (χ0) is 14.7.